The molecule has 5 heteroatoms. The third-order valence-corrected chi connectivity index (χ3v) is 4.48. The fourth-order valence-electron chi connectivity index (χ4n) is 3.17. The molecule has 0 spiro atoms. The molecule has 0 saturated heterocycles. The minimum atomic E-state index is 0.473. The number of hydrogen-bond acceptors (Lipinski definition) is 5. The Morgan fingerprint density at radius 2 is 1.68 bits per heavy atom. The molecule has 3 rings (SSSR count). The quantitative estimate of drug-likeness (QED) is 0.909. The third-order valence-electron chi connectivity index (χ3n) is 4.48. The molecule has 22 heavy (non-hydrogen) atoms. The molecular weight excluding hydrogens is 274 g/mol. The molecule has 0 aliphatic heterocycles. The van der Waals surface area contributed by atoms with Crippen molar-refractivity contribution in [3.8, 4) is 0 Å². The van der Waals surface area contributed by atoms with Crippen molar-refractivity contribution >= 4 is 22.7 Å². The summed E-state index contributed by atoms with van der Waals surface area (Å²) in [5.74, 6) is 1.72. The summed E-state index contributed by atoms with van der Waals surface area (Å²) in [6, 6.07) is 9.31. The van der Waals surface area contributed by atoms with Crippen molar-refractivity contribution in [3.05, 3.63) is 24.3 Å². The molecule has 1 fully saturated rings. The Morgan fingerprint density at radius 1 is 1.00 bits per heavy atom. The van der Waals surface area contributed by atoms with Crippen LogP contribution in [0.1, 0.15) is 25.7 Å². The van der Waals surface area contributed by atoms with Crippen LogP contribution >= 0.6 is 0 Å². The van der Waals surface area contributed by atoms with Gasteiger partial charge in [0, 0.05) is 31.6 Å². The van der Waals surface area contributed by atoms with Crippen molar-refractivity contribution < 1.29 is 0 Å². The van der Waals surface area contributed by atoms with Crippen LogP contribution in [-0.4, -0.2) is 43.2 Å². The number of rotatable bonds is 4. The van der Waals surface area contributed by atoms with E-state index in [1.807, 2.05) is 44.2 Å². The third kappa shape index (κ3) is 3.14. The summed E-state index contributed by atoms with van der Waals surface area (Å²) in [5, 5.41) is 8.00. The molecule has 5 nitrogen and oxygen atoms in total. The number of anilines is 2. The van der Waals surface area contributed by atoms with E-state index >= 15 is 0 Å². The maximum Gasteiger partial charge on any atom is 0.225 e. The zero-order chi connectivity index (χ0) is 15.5. The first kappa shape index (κ1) is 15.0. The summed E-state index contributed by atoms with van der Waals surface area (Å²) >= 11 is 0. The molecule has 1 heterocycles. The van der Waals surface area contributed by atoms with Gasteiger partial charge in [-0.15, -0.1) is 0 Å². The van der Waals surface area contributed by atoms with Gasteiger partial charge in [-0.2, -0.15) is 4.98 Å². The molecule has 1 aliphatic carbocycles. The highest BCUT2D eigenvalue weighted by molar-refractivity contribution is 5.90. The molecule has 0 amide bonds. The molecule has 0 bridgehead atoms. The van der Waals surface area contributed by atoms with Crippen LogP contribution in [0.3, 0.4) is 0 Å². The van der Waals surface area contributed by atoms with Crippen molar-refractivity contribution in [2.24, 2.45) is 0 Å². The number of nitrogens with zero attached hydrogens (tertiary/aromatic N) is 3. The van der Waals surface area contributed by atoms with Crippen LogP contribution in [0.25, 0.3) is 10.9 Å². The van der Waals surface area contributed by atoms with Crippen molar-refractivity contribution in [3.63, 3.8) is 0 Å². The van der Waals surface area contributed by atoms with E-state index in [0.717, 1.165) is 22.7 Å². The van der Waals surface area contributed by atoms with E-state index in [1.54, 1.807) is 0 Å². The molecular formula is C17H25N5. The van der Waals surface area contributed by atoms with Gasteiger partial charge in [-0.3, -0.25) is 0 Å². The molecule has 0 unspecified atom stereocenters. The SMILES string of the molecule is CNC1CCC(Nc2nc(N(C)C)c3ccccc3n2)CC1. The molecule has 1 aromatic carbocycles. The highest BCUT2D eigenvalue weighted by Crippen LogP contribution is 2.26. The average molecular weight is 299 g/mol. The zero-order valence-corrected chi connectivity index (χ0v) is 13.6. The van der Waals surface area contributed by atoms with Gasteiger partial charge in [0.05, 0.1) is 5.52 Å². The van der Waals surface area contributed by atoms with Crippen LogP contribution < -0.4 is 15.5 Å². The minimum Gasteiger partial charge on any atom is -0.362 e. The lowest BCUT2D eigenvalue weighted by atomic mass is 9.91. The molecule has 1 aromatic heterocycles. The number of aromatic nitrogens is 2. The van der Waals surface area contributed by atoms with Gasteiger partial charge >= 0.3 is 0 Å². The van der Waals surface area contributed by atoms with Gasteiger partial charge in [-0.1, -0.05) is 12.1 Å². The summed E-state index contributed by atoms with van der Waals surface area (Å²) in [6.07, 6.45) is 4.75. The van der Waals surface area contributed by atoms with E-state index in [1.165, 1.54) is 25.7 Å². The Balaban J connectivity index is 1.82. The van der Waals surface area contributed by atoms with Gasteiger partial charge in [-0.05, 0) is 44.9 Å². The first-order valence-corrected chi connectivity index (χ1v) is 8.05. The van der Waals surface area contributed by atoms with Crippen molar-refractivity contribution in [1.82, 2.24) is 15.3 Å². The molecule has 1 saturated carbocycles. The Kier molecular flexibility index (Phi) is 4.43. The normalized spacial score (nSPS) is 21.8. The van der Waals surface area contributed by atoms with Crippen molar-refractivity contribution in [2.75, 3.05) is 31.4 Å². The highest BCUT2D eigenvalue weighted by atomic mass is 15.2. The summed E-state index contributed by atoms with van der Waals surface area (Å²) in [5.41, 5.74) is 0.993. The van der Waals surface area contributed by atoms with E-state index in [2.05, 4.69) is 21.7 Å². The van der Waals surface area contributed by atoms with Crippen molar-refractivity contribution in [2.45, 2.75) is 37.8 Å². The van der Waals surface area contributed by atoms with Gasteiger partial charge in [0.2, 0.25) is 5.95 Å². The topological polar surface area (TPSA) is 53.1 Å². The first-order valence-electron chi connectivity index (χ1n) is 8.05. The number of nitrogens with one attached hydrogen (secondary N) is 2. The lowest BCUT2D eigenvalue weighted by Crippen LogP contribution is -2.35. The second-order valence-electron chi connectivity index (χ2n) is 6.26. The molecule has 2 N–H and O–H groups in total. The summed E-state index contributed by atoms with van der Waals surface area (Å²) in [6.45, 7) is 0. The van der Waals surface area contributed by atoms with Gasteiger partial charge in [0.25, 0.3) is 0 Å². The summed E-state index contributed by atoms with van der Waals surface area (Å²) < 4.78 is 0. The highest BCUT2D eigenvalue weighted by Gasteiger charge is 2.21. The lowest BCUT2D eigenvalue weighted by molar-refractivity contribution is 0.370. The van der Waals surface area contributed by atoms with E-state index in [-0.39, 0.29) is 0 Å². The minimum absolute atomic E-state index is 0.473. The van der Waals surface area contributed by atoms with E-state index < -0.39 is 0 Å². The zero-order valence-electron chi connectivity index (χ0n) is 13.6. The van der Waals surface area contributed by atoms with Gasteiger partial charge in [-0.25, -0.2) is 4.98 Å². The monoisotopic (exact) mass is 299 g/mol. The standard InChI is InChI=1S/C17H25N5/c1-18-12-8-10-13(11-9-12)19-17-20-15-7-5-4-6-14(15)16(21-17)22(2)3/h4-7,12-13,18H,8-11H2,1-3H3,(H,19,20,21). The second kappa shape index (κ2) is 6.48. The van der Waals surface area contributed by atoms with Crippen LogP contribution in [0.15, 0.2) is 24.3 Å². The maximum atomic E-state index is 4.72. The molecule has 118 valence electrons. The predicted octanol–water partition coefficient (Wildman–Crippen LogP) is 2.64. The maximum absolute atomic E-state index is 4.72. The predicted molar refractivity (Wildman–Crippen MR) is 92.6 cm³/mol. The van der Waals surface area contributed by atoms with Crippen LogP contribution in [0, 0.1) is 0 Å². The van der Waals surface area contributed by atoms with E-state index in [9.17, 15) is 0 Å². The fraction of sp³-hybridized carbons (Fsp3) is 0.529. The van der Waals surface area contributed by atoms with Gasteiger partial charge < -0.3 is 15.5 Å². The molecule has 2 aromatic rings. The average Bonchev–Trinajstić information content (AvgIpc) is 2.54. The van der Waals surface area contributed by atoms with Crippen LogP contribution in [0.5, 0.6) is 0 Å². The fourth-order valence-corrected chi connectivity index (χ4v) is 3.17. The number of benzene rings is 1. The second-order valence-corrected chi connectivity index (χ2v) is 6.26. The number of para-hydroxylation sites is 1. The Hall–Kier alpha value is -1.88. The molecule has 0 radical (unpaired) electrons. The summed E-state index contributed by atoms with van der Waals surface area (Å²) in [7, 11) is 6.10. The van der Waals surface area contributed by atoms with Crippen LogP contribution in [0.4, 0.5) is 11.8 Å². The lowest BCUT2D eigenvalue weighted by Gasteiger charge is -2.29. The molecule has 1 aliphatic rings. The number of hydrogen-bond donors (Lipinski definition) is 2. The van der Waals surface area contributed by atoms with Crippen LogP contribution in [0.2, 0.25) is 0 Å². The van der Waals surface area contributed by atoms with Gasteiger partial charge in [0.1, 0.15) is 5.82 Å². The smallest absolute Gasteiger partial charge is 0.225 e. The Bertz CT molecular complexity index is 632. The van der Waals surface area contributed by atoms with E-state index in [0.29, 0.717) is 12.1 Å². The number of fused-ring (bicyclic) bond motifs is 1. The van der Waals surface area contributed by atoms with E-state index in [4.69, 9.17) is 4.98 Å². The largest absolute Gasteiger partial charge is 0.362 e. The Morgan fingerprint density at radius 3 is 2.36 bits per heavy atom. The van der Waals surface area contributed by atoms with Crippen molar-refractivity contribution in [1.29, 1.82) is 0 Å². The first-order chi connectivity index (χ1) is 10.7. The van der Waals surface area contributed by atoms with Crippen LogP contribution in [-0.2, 0) is 0 Å². The van der Waals surface area contributed by atoms with Gasteiger partial charge in [0.15, 0.2) is 0 Å². The summed E-state index contributed by atoms with van der Waals surface area (Å²) in [4.78, 5) is 11.5. The molecule has 0 atom stereocenters. The Labute approximate surface area is 132 Å².